The minimum absolute atomic E-state index is 0.00826. The van der Waals surface area contributed by atoms with Crippen molar-refractivity contribution in [3.05, 3.63) is 0 Å². The minimum Gasteiger partial charge on any atom is -0.368 e. The topological polar surface area (TPSA) is 29.5 Å². The summed E-state index contributed by atoms with van der Waals surface area (Å²) < 4.78 is 5.77. The zero-order chi connectivity index (χ0) is 9.47. The Bertz CT molecular complexity index is 250. The minimum atomic E-state index is -0.0450. The van der Waals surface area contributed by atoms with Gasteiger partial charge in [0.25, 0.3) is 5.91 Å². The van der Waals surface area contributed by atoms with E-state index < -0.39 is 0 Å². The van der Waals surface area contributed by atoms with Crippen molar-refractivity contribution in [1.29, 1.82) is 0 Å². The normalized spacial score (nSPS) is 30.2. The van der Waals surface area contributed by atoms with Crippen LogP contribution in [0.5, 0.6) is 0 Å². The van der Waals surface area contributed by atoms with Crippen molar-refractivity contribution in [1.82, 2.24) is 4.90 Å². The molecule has 1 spiro atoms. The molecule has 72 valence electrons. The first kappa shape index (κ1) is 9.09. The molecule has 1 atom stereocenters. The third kappa shape index (κ3) is 1.74. The van der Waals surface area contributed by atoms with Gasteiger partial charge in [0.1, 0.15) is 0 Å². The van der Waals surface area contributed by atoms with E-state index in [0.717, 1.165) is 19.4 Å². The highest BCUT2D eigenvalue weighted by molar-refractivity contribution is 7.80. The molecule has 3 nitrogen and oxygen atoms in total. The standard InChI is InChI=1S/C9H13NO2S/c1-7-4-10(8(11)5-13)6-9(12-7)2-3-9/h5,7H,2-4,6H2,1H3/t7-/m1/s1. The van der Waals surface area contributed by atoms with E-state index in [0.29, 0.717) is 6.54 Å². The Kier molecular flexibility index (Phi) is 2.12. The largest absolute Gasteiger partial charge is 0.368 e. The van der Waals surface area contributed by atoms with Crippen LogP contribution in [-0.4, -0.2) is 41.0 Å². The van der Waals surface area contributed by atoms with E-state index in [-0.39, 0.29) is 17.6 Å². The van der Waals surface area contributed by atoms with Crippen molar-refractivity contribution in [2.75, 3.05) is 13.1 Å². The maximum atomic E-state index is 11.3. The van der Waals surface area contributed by atoms with Gasteiger partial charge >= 0.3 is 0 Å². The first-order valence-electron chi connectivity index (χ1n) is 4.57. The highest BCUT2D eigenvalue weighted by Crippen LogP contribution is 2.43. The molecule has 2 aliphatic rings. The van der Waals surface area contributed by atoms with Crippen LogP contribution < -0.4 is 0 Å². The molecule has 0 aromatic rings. The molecule has 0 bridgehead atoms. The molecular formula is C9H13NO2S. The molecule has 1 saturated carbocycles. The molecular weight excluding hydrogens is 186 g/mol. The number of carbonyl (C=O) groups excluding carboxylic acids is 1. The molecule has 0 radical (unpaired) electrons. The Morgan fingerprint density at radius 3 is 2.92 bits per heavy atom. The zero-order valence-electron chi connectivity index (χ0n) is 7.66. The number of hydrogen-bond donors (Lipinski definition) is 0. The summed E-state index contributed by atoms with van der Waals surface area (Å²) in [5.74, 6) is -0.0450. The zero-order valence-corrected chi connectivity index (χ0v) is 8.47. The highest BCUT2D eigenvalue weighted by atomic mass is 32.1. The Morgan fingerprint density at radius 2 is 2.38 bits per heavy atom. The molecule has 13 heavy (non-hydrogen) atoms. The highest BCUT2D eigenvalue weighted by Gasteiger charge is 2.49. The quantitative estimate of drug-likeness (QED) is 0.584. The predicted octanol–water partition coefficient (Wildman–Crippen LogP) is 0.766. The molecule has 0 aromatic heterocycles. The van der Waals surface area contributed by atoms with Gasteiger partial charge in [-0.1, -0.05) is 12.2 Å². The summed E-state index contributed by atoms with van der Waals surface area (Å²) in [6.07, 6.45) is 2.31. The van der Waals surface area contributed by atoms with Crippen LogP contribution >= 0.6 is 12.2 Å². The van der Waals surface area contributed by atoms with Gasteiger partial charge < -0.3 is 9.64 Å². The van der Waals surface area contributed by atoms with Gasteiger partial charge in [-0.05, 0) is 19.8 Å². The van der Waals surface area contributed by atoms with Crippen LogP contribution in [0.25, 0.3) is 0 Å². The molecule has 1 aliphatic heterocycles. The lowest BCUT2D eigenvalue weighted by Crippen LogP contribution is -2.50. The van der Waals surface area contributed by atoms with Gasteiger partial charge in [0.2, 0.25) is 0 Å². The summed E-state index contributed by atoms with van der Waals surface area (Å²) >= 11 is 4.63. The Morgan fingerprint density at radius 1 is 1.69 bits per heavy atom. The Labute approximate surface area is 83.0 Å². The smallest absolute Gasteiger partial charge is 0.257 e. The van der Waals surface area contributed by atoms with Gasteiger partial charge in [-0.3, -0.25) is 4.79 Å². The maximum Gasteiger partial charge on any atom is 0.257 e. The van der Waals surface area contributed by atoms with Crippen molar-refractivity contribution in [3.63, 3.8) is 0 Å². The van der Waals surface area contributed by atoms with Crippen molar-refractivity contribution < 1.29 is 9.53 Å². The summed E-state index contributed by atoms with van der Waals surface area (Å²) in [5.41, 5.74) is -0.00826. The molecule has 2 rings (SSSR count). The molecule has 0 N–H and O–H groups in total. The van der Waals surface area contributed by atoms with Crippen LogP contribution in [0.15, 0.2) is 0 Å². The SMILES string of the molecule is C[C@@H]1CN(C(=O)C=S)CC2(CC2)O1. The number of hydrogen-bond acceptors (Lipinski definition) is 3. The van der Waals surface area contributed by atoms with Gasteiger partial charge in [-0.2, -0.15) is 0 Å². The Balaban J connectivity index is 2.04. The molecule has 0 unspecified atom stereocenters. The molecule has 0 aromatic carbocycles. The lowest BCUT2D eigenvalue weighted by molar-refractivity contribution is -0.140. The summed E-state index contributed by atoms with van der Waals surface area (Å²) in [6, 6.07) is 0. The van der Waals surface area contributed by atoms with E-state index in [1.165, 1.54) is 5.37 Å². The molecule has 4 heteroatoms. The van der Waals surface area contributed by atoms with E-state index in [1.54, 1.807) is 4.90 Å². The van der Waals surface area contributed by atoms with Gasteiger partial charge in [0.05, 0.1) is 23.6 Å². The fraction of sp³-hybridized carbons (Fsp3) is 0.778. The van der Waals surface area contributed by atoms with Gasteiger partial charge in [0, 0.05) is 6.54 Å². The summed E-state index contributed by atoms with van der Waals surface area (Å²) in [7, 11) is 0. The number of nitrogens with zero attached hydrogens (tertiary/aromatic N) is 1. The van der Waals surface area contributed by atoms with Crippen LogP contribution in [-0.2, 0) is 9.53 Å². The number of morpholine rings is 1. The molecule has 1 heterocycles. The lowest BCUT2D eigenvalue weighted by Gasteiger charge is -2.36. The predicted molar refractivity (Wildman–Crippen MR) is 52.7 cm³/mol. The summed E-state index contributed by atoms with van der Waals surface area (Å²) in [6.45, 7) is 3.40. The van der Waals surface area contributed by atoms with E-state index in [9.17, 15) is 4.79 Å². The number of rotatable bonds is 1. The monoisotopic (exact) mass is 199 g/mol. The van der Waals surface area contributed by atoms with Crippen molar-refractivity contribution in [2.45, 2.75) is 31.5 Å². The fourth-order valence-corrected chi connectivity index (χ4v) is 2.03. The molecule has 1 aliphatic carbocycles. The summed E-state index contributed by atoms with van der Waals surface area (Å²) in [4.78, 5) is 13.1. The first-order valence-corrected chi connectivity index (χ1v) is 5.04. The second-order valence-electron chi connectivity index (χ2n) is 3.95. The van der Waals surface area contributed by atoms with Crippen molar-refractivity contribution in [3.8, 4) is 0 Å². The average Bonchev–Trinajstić information content (AvgIpc) is 2.82. The van der Waals surface area contributed by atoms with Crippen LogP contribution in [0.3, 0.4) is 0 Å². The van der Waals surface area contributed by atoms with Crippen LogP contribution in [0.1, 0.15) is 19.8 Å². The van der Waals surface area contributed by atoms with Gasteiger partial charge in [-0.15, -0.1) is 0 Å². The van der Waals surface area contributed by atoms with Crippen LogP contribution in [0, 0.1) is 0 Å². The summed E-state index contributed by atoms with van der Waals surface area (Å²) in [5, 5.41) is 1.22. The van der Waals surface area contributed by atoms with Gasteiger partial charge in [-0.25, -0.2) is 0 Å². The fourth-order valence-electron chi connectivity index (χ4n) is 1.88. The van der Waals surface area contributed by atoms with E-state index in [4.69, 9.17) is 4.74 Å². The Hall–Kier alpha value is -0.480. The number of carbonyl (C=O) groups is 1. The second kappa shape index (κ2) is 3.03. The van der Waals surface area contributed by atoms with E-state index in [1.807, 2.05) is 6.92 Å². The van der Waals surface area contributed by atoms with Crippen LogP contribution in [0.2, 0.25) is 0 Å². The van der Waals surface area contributed by atoms with Gasteiger partial charge in [0.15, 0.2) is 0 Å². The third-order valence-corrected chi connectivity index (χ3v) is 2.83. The number of amides is 1. The number of thiocarbonyl (C=S) groups is 1. The van der Waals surface area contributed by atoms with E-state index in [2.05, 4.69) is 12.2 Å². The molecule has 1 amide bonds. The average molecular weight is 199 g/mol. The lowest BCUT2D eigenvalue weighted by atomic mass is 10.2. The second-order valence-corrected chi connectivity index (χ2v) is 4.18. The molecule has 2 fully saturated rings. The third-order valence-electron chi connectivity index (χ3n) is 2.63. The van der Waals surface area contributed by atoms with E-state index >= 15 is 0 Å². The van der Waals surface area contributed by atoms with Crippen molar-refractivity contribution >= 4 is 23.5 Å². The van der Waals surface area contributed by atoms with Crippen molar-refractivity contribution in [2.24, 2.45) is 0 Å². The number of ether oxygens (including phenoxy) is 1. The maximum absolute atomic E-state index is 11.3. The molecule has 1 saturated heterocycles. The van der Waals surface area contributed by atoms with Crippen LogP contribution in [0.4, 0.5) is 0 Å². The first-order chi connectivity index (χ1) is 6.15.